The molecular weight excluding hydrogens is 413 g/mol. The Morgan fingerprint density at radius 3 is 2.16 bits per heavy atom. The van der Waals surface area contributed by atoms with Gasteiger partial charge in [-0.15, -0.1) is 0 Å². The summed E-state index contributed by atoms with van der Waals surface area (Å²) in [7, 11) is 1.53. The fourth-order valence-corrected chi connectivity index (χ4v) is 3.58. The number of hydrogen-bond acceptors (Lipinski definition) is 5. The molecule has 0 fully saturated rings. The predicted molar refractivity (Wildman–Crippen MR) is 113 cm³/mol. The fraction of sp³-hybridized carbons (Fsp3) is 0.120. The summed E-state index contributed by atoms with van der Waals surface area (Å²) in [6.07, 6.45) is 0. The lowest BCUT2D eigenvalue weighted by Crippen LogP contribution is -2.31. The van der Waals surface area contributed by atoms with Crippen molar-refractivity contribution < 1.29 is 28.3 Å². The zero-order chi connectivity index (χ0) is 22.8. The second-order valence-corrected chi connectivity index (χ2v) is 7.38. The first-order valence-electron chi connectivity index (χ1n) is 9.84. The lowest BCUT2D eigenvalue weighted by Gasteiger charge is -2.20. The van der Waals surface area contributed by atoms with Crippen molar-refractivity contribution in [3.63, 3.8) is 0 Å². The summed E-state index contributed by atoms with van der Waals surface area (Å²) in [5, 5.41) is 0. The van der Waals surface area contributed by atoms with Crippen LogP contribution in [-0.2, 0) is 16.1 Å². The summed E-state index contributed by atoms with van der Waals surface area (Å²) in [5.74, 6) is -2.51. The van der Waals surface area contributed by atoms with Crippen molar-refractivity contribution in [3.8, 4) is 0 Å². The molecule has 0 saturated heterocycles. The molecule has 160 valence electrons. The van der Waals surface area contributed by atoms with Crippen LogP contribution in [0.4, 0.5) is 4.39 Å². The Hall–Kier alpha value is -4.13. The summed E-state index contributed by atoms with van der Waals surface area (Å²) in [4.78, 5) is 52.2. The number of halogens is 1. The minimum absolute atomic E-state index is 0.0201. The standard InChI is InChI=1S/C25H18FNO5/c1-27(13-15-9-11-16(26)12-10-15)21(28)14-32-25(31)20-8-4-7-19-22(20)24(30)18-6-3-2-5-17(18)23(19)29/h2-12H,13-14H2,1H3. The Morgan fingerprint density at radius 1 is 0.844 bits per heavy atom. The van der Waals surface area contributed by atoms with Crippen LogP contribution in [-0.4, -0.2) is 42.0 Å². The summed E-state index contributed by atoms with van der Waals surface area (Å²) < 4.78 is 18.2. The van der Waals surface area contributed by atoms with Crippen molar-refractivity contribution in [2.24, 2.45) is 0 Å². The van der Waals surface area contributed by atoms with E-state index in [9.17, 15) is 23.6 Å². The van der Waals surface area contributed by atoms with Crippen LogP contribution in [0.2, 0.25) is 0 Å². The number of benzene rings is 3. The number of fused-ring (bicyclic) bond motifs is 2. The van der Waals surface area contributed by atoms with Crippen molar-refractivity contribution >= 4 is 23.4 Å². The molecule has 0 N–H and O–H groups in total. The van der Waals surface area contributed by atoms with E-state index in [1.807, 2.05) is 0 Å². The van der Waals surface area contributed by atoms with Crippen LogP contribution in [0.1, 0.15) is 47.8 Å². The molecule has 0 heterocycles. The molecule has 0 bridgehead atoms. The molecule has 1 amide bonds. The maximum atomic E-state index is 13.0. The smallest absolute Gasteiger partial charge is 0.339 e. The summed E-state index contributed by atoms with van der Waals surface area (Å²) >= 11 is 0. The number of carbonyl (C=O) groups is 4. The molecule has 0 spiro atoms. The first-order chi connectivity index (χ1) is 15.4. The zero-order valence-electron chi connectivity index (χ0n) is 17.1. The molecule has 0 unspecified atom stereocenters. The molecule has 1 aliphatic carbocycles. The van der Waals surface area contributed by atoms with E-state index in [4.69, 9.17) is 4.74 Å². The minimum Gasteiger partial charge on any atom is -0.452 e. The quantitative estimate of drug-likeness (QED) is 0.453. The summed E-state index contributed by atoms with van der Waals surface area (Å²) in [6.45, 7) is -0.333. The number of esters is 1. The van der Waals surface area contributed by atoms with Gasteiger partial charge in [0.1, 0.15) is 5.82 Å². The van der Waals surface area contributed by atoms with Gasteiger partial charge in [-0.1, -0.05) is 48.5 Å². The molecule has 32 heavy (non-hydrogen) atoms. The van der Waals surface area contributed by atoms with E-state index in [2.05, 4.69) is 0 Å². The van der Waals surface area contributed by atoms with E-state index in [0.717, 1.165) is 0 Å². The normalized spacial score (nSPS) is 12.1. The van der Waals surface area contributed by atoms with Crippen LogP contribution in [0.15, 0.2) is 66.7 Å². The SMILES string of the molecule is CN(Cc1ccc(F)cc1)C(=O)COC(=O)c1cccc2c1C(=O)c1ccccc1C2=O. The van der Waals surface area contributed by atoms with Gasteiger partial charge >= 0.3 is 5.97 Å². The van der Waals surface area contributed by atoms with Crippen molar-refractivity contribution in [2.75, 3.05) is 13.7 Å². The molecule has 0 saturated carbocycles. The molecule has 4 rings (SSSR count). The summed E-state index contributed by atoms with van der Waals surface area (Å²) in [5.41, 5.74) is 1.27. The van der Waals surface area contributed by atoms with Gasteiger partial charge in [0.15, 0.2) is 18.2 Å². The first-order valence-corrected chi connectivity index (χ1v) is 9.84. The third kappa shape index (κ3) is 3.92. The average Bonchev–Trinajstić information content (AvgIpc) is 2.81. The van der Waals surface area contributed by atoms with Gasteiger partial charge in [-0.05, 0) is 23.8 Å². The van der Waals surface area contributed by atoms with E-state index in [-0.39, 0.29) is 46.0 Å². The molecule has 0 radical (unpaired) electrons. The Labute approximate surface area is 183 Å². The Morgan fingerprint density at radius 2 is 1.47 bits per heavy atom. The highest BCUT2D eigenvalue weighted by Crippen LogP contribution is 2.29. The number of nitrogens with zero attached hydrogens (tertiary/aromatic N) is 1. The van der Waals surface area contributed by atoms with Gasteiger partial charge in [-0.2, -0.15) is 0 Å². The third-order valence-corrected chi connectivity index (χ3v) is 5.26. The van der Waals surface area contributed by atoms with Crippen LogP contribution < -0.4 is 0 Å². The number of amides is 1. The molecule has 0 aromatic heterocycles. The van der Waals surface area contributed by atoms with Gasteiger partial charge in [-0.25, -0.2) is 9.18 Å². The van der Waals surface area contributed by atoms with Gasteiger partial charge < -0.3 is 9.64 Å². The van der Waals surface area contributed by atoms with Crippen molar-refractivity contribution in [3.05, 3.63) is 106 Å². The van der Waals surface area contributed by atoms with Crippen molar-refractivity contribution in [1.29, 1.82) is 0 Å². The minimum atomic E-state index is -0.870. The second kappa shape index (κ2) is 8.55. The number of likely N-dealkylation sites (N-methyl/N-ethyl adjacent to an activating group) is 1. The molecule has 0 aliphatic heterocycles. The first kappa shape index (κ1) is 21.1. The lowest BCUT2D eigenvalue weighted by atomic mass is 9.82. The maximum absolute atomic E-state index is 13.0. The van der Waals surface area contributed by atoms with Gasteiger partial charge in [0.05, 0.1) is 5.56 Å². The topological polar surface area (TPSA) is 80.8 Å². The highest BCUT2D eigenvalue weighted by Gasteiger charge is 2.33. The number of ketones is 2. The Balaban J connectivity index is 1.49. The monoisotopic (exact) mass is 431 g/mol. The van der Waals surface area contributed by atoms with Crippen LogP contribution in [0.3, 0.4) is 0 Å². The predicted octanol–water partition coefficient (Wildman–Crippen LogP) is 3.42. The molecular formula is C25H18FNO5. The number of carbonyl (C=O) groups excluding carboxylic acids is 4. The van der Waals surface area contributed by atoms with E-state index >= 15 is 0 Å². The largest absolute Gasteiger partial charge is 0.452 e. The van der Waals surface area contributed by atoms with Crippen molar-refractivity contribution in [2.45, 2.75) is 6.54 Å². The van der Waals surface area contributed by atoms with E-state index in [1.54, 1.807) is 30.3 Å². The van der Waals surface area contributed by atoms with Gasteiger partial charge in [0.25, 0.3) is 5.91 Å². The van der Waals surface area contributed by atoms with Gasteiger partial charge in [0.2, 0.25) is 0 Å². The van der Waals surface area contributed by atoms with Crippen molar-refractivity contribution in [1.82, 2.24) is 4.90 Å². The molecule has 1 aliphatic rings. The van der Waals surface area contributed by atoms with Crippen LogP contribution in [0.5, 0.6) is 0 Å². The highest BCUT2D eigenvalue weighted by molar-refractivity contribution is 6.30. The Bertz CT molecular complexity index is 1250. The van der Waals surface area contributed by atoms with E-state index in [0.29, 0.717) is 5.56 Å². The van der Waals surface area contributed by atoms with Gasteiger partial charge in [0, 0.05) is 35.8 Å². The molecule has 3 aromatic rings. The van der Waals surface area contributed by atoms with Crippen LogP contribution >= 0.6 is 0 Å². The summed E-state index contributed by atoms with van der Waals surface area (Å²) in [6, 6.07) is 16.5. The highest BCUT2D eigenvalue weighted by atomic mass is 19.1. The molecule has 7 heteroatoms. The number of ether oxygens (including phenoxy) is 1. The third-order valence-electron chi connectivity index (χ3n) is 5.26. The average molecular weight is 431 g/mol. The molecule has 3 aromatic carbocycles. The number of rotatable bonds is 5. The Kier molecular flexibility index (Phi) is 5.64. The molecule has 0 atom stereocenters. The van der Waals surface area contributed by atoms with Crippen LogP contribution in [0.25, 0.3) is 0 Å². The maximum Gasteiger partial charge on any atom is 0.339 e. The van der Waals surface area contributed by atoms with Crippen LogP contribution in [0, 0.1) is 5.82 Å². The van der Waals surface area contributed by atoms with E-state index < -0.39 is 24.3 Å². The lowest BCUT2D eigenvalue weighted by molar-refractivity contribution is -0.133. The van der Waals surface area contributed by atoms with Gasteiger partial charge in [-0.3, -0.25) is 14.4 Å². The molecule has 6 nitrogen and oxygen atoms in total. The second-order valence-electron chi connectivity index (χ2n) is 7.38. The fourth-order valence-electron chi connectivity index (χ4n) is 3.58. The number of hydrogen-bond donors (Lipinski definition) is 0. The van der Waals surface area contributed by atoms with E-state index in [1.165, 1.54) is 48.3 Å². The zero-order valence-corrected chi connectivity index (χ0v) is 17.1.